The highest BCUT2D eigenvalue weighted by Crippen LogP contribution is 2.20. The van der Waals surface area contributed by atoms with E-state index in [1.54, 1.807) is 0 Å². The molecule has 0 saturated carbocycles. The minimum atomic E-state index is -0.0731. The van der Waals surface area contributed by atoms with E-state index in [4.69, 9.17) is 10.8 Å². The number of carbonyl (C=O) groups is 1. The minimum Gasteiger partial charge on any atom is -0.396 e. The predicted octanol–water partition coefficient (Wildman–Crippen LogP) is 0.509. The molecular formula is C12H22N2O2. The van der Waals surface area contributed by atoms with E-state index in [1.807, 2.05) is 30.9 Å². The van der Waals surface area contributed by atoms with Crippen LogP contribution in [0.2, 0.25) is 0 Å². The molecule has 0 spiro atoms. The van der Waals surface area contributed by atoms with Gasteiger partial charge in [-0.25, -0.2) is 0 Å². The fraction of sp³-hybridized carbons (Fsp3) is 0.750. The zero-order valence-electron chi connectivity index (χ0n) is 10.1. The largest absolute Gasteiger partial charge is 0.396 e. The topological polar surface area (TPSA) is 66.6 Å². The fourth-order valence-electron chi connectivity index (χ4n) is 1.99. The third-order valence-electron chi connectivity index (χ3n) is 2.90. The number of amides is 1. The average Bonchev–Trinajstić information content (AvgIpc) is 2.64. The summed E-state index contributed by atoms with van der Waals surface area (Å²) in [6, 6.07) is 0.185. The van der Waals surface area contributed by atoms with Gasteiger partial charge in [0.2, 0.25) is 5.91 Å². The van der Waals surface area contributed by atoms with Crippen molar-refractivity contribution >= 4 is 5.91 Å². The van der Waals surface area contributed by atoms with E-state index in [0.717, 1.165) is 0 Å². The monoisotopic (exact) mass is 226 g/mol. The van der Waals surface area contributed by atoms with Crippen LogP contribution in [0.4, 0.5) is 0 Å². The molecule has 0 aromatic carbocycles. The predicted molar refractivity (Wildman–Crippen MR) is 63.8 cm³/mol. The van der Waals surface area contributed by atoms with Crippen LogP contribution in [0.25, 0.3) is 0 Å². The molecule has 2 atom stereocenters. The Balaban J connectivity index is 2.57. The van der Waals surface area contributed by atoms with E-state index in [0.29, 0.717) is 19.4 Å². The van der Waals surface area contributed by atoms with Crippen molar-refractivity contribution in [1.29, 1.82) is 0 Å². The summed E-state index contributed by atoms with van der Waals surface area (Å²) in [5.74, 6) is 0.0590. The Labute approximate surface area is 97.1 Å². The van der Waals surface area contributed by atoms with Crippen LogP contribution in [0.15, 0.2) is 12.2 Å². The minimum absolute atomic E-state index is 0.0146. The van der Waals surface area contributed by atoms with Gasteiger partial charge in [-0.05, 0) is 26.7 Å². The molecule has 0 aromatic rings. The second-order valence-corrected chi connectivity index (χ2v) is 4.59. The molecule has 0 radical (unpaired) electrons. The zero-order chi connectivity index (χ0) is 12.1. The van der Waals surface area contributed by atoms with Crippen LogP contribution in [-0.4, -0.2) is 41.1 Å². The molecule has 1 aliphatic carbocycles. The highest BCUT2D eigenvalue weighted by Gasteiger charge is 2.27. The second kappa shape index (κ2) is 6.01. The standard InChI is InChI=1S/C12H22N2O2/c1-9(2)14(6-3-7-15)12(16)10-4-5-11(13)8-10/h4-5,9-11,15H,3,6-8,13H2,1-2H3. The number of nitrogens with two attached hydrogens (primary N) is 1. The quantitative estimate of drug-likeness (QED) is 0.671. The van der Waals surface area contributed by atoms with Crippen LogP contribution in [0, 0.1) is 5.92 Å². The van der Waals surface area contributed by atoms with Crippen molar-refractivity contribution in [2.75, 3.05) is 13.2 Å². The molecule has 0 saturated heterocycles. The van der Waals surface area contributed by atoms with Crippen molar-refractivity contribution < 1.29 is 9.90 Å². The molecule has 4 nitrogen and oxygen atoms in total. The molecule has 4 heteroatoms. The molecule has 0 aromatic heterocycles. The van der Waals surface area contributed by atoms with Crippen molar-refractivity contribution in [3.8, 4) is 0 Å². The van der Waals surface area contributed by atoms with Gasteiger partial charge in [0, 0.05) is 25.2 Å². The molecule has 0 heterocycles. The maximum atomic E-state index is 12.2. The van der Waals surface area contributed by atoms with Gasteiger partial charge in [0.1, 0.15) is 0 Å². The highest BCUT2D eigenvalue weighted by molar-refractivity contribution is 5.81. The Kier molecular flexibility index (Phi) is 4.96. The van der Waals surface area contributed by atoms with Gasteiger partial charge in [-0.3, -0.25) is 4.79 Å². The summed E-state index contributed by atoms with van der Waals surface area (Å²) in [6.45, 7) is 4.73. The third kappa shape index (κ3) is 3.32. The number of aliphatic hydroxyl groups excluding tert-OH is 1. The highest BCUT2D eigenvalue weighted by atomic mass is 16.3. The maximum absolute atomic E-state index is 12.2. The lowest BCUT2D eigenvalue weighted by atomic mass is 10.1. The fourth-order valence-corrected chi connectivity index (χ4v) is 1.99. The van der Waals surface area contributed by atoms with Crippen LogP contribution < -0.4 is 5.73 Å². The van der Waals surface area contributed by atoms with Crippen molar-refractivity contribution in [2.45, 2.75) is 38.8 Å². The lowest BCUT2D eigenvalue weighted by molar-refractivity contribution is -0.135. The number of carbonyl (C=O) groups excluding carboxylic acids is 1. The SMILES string of the molecule is CC(C)N(CCCO)C(=O)C1C=CC(N)C1. The number of aliphatic hydroxyl groups is 1. The summed E-state index contributed by atoms with van der Waals surface area (Å²) >= 11 is 0. The van der Waals surface area contributed by atoms with Gasteiger partial charge in [-0.15, -0.1) is 0 Å². The molecule has 16 heavy (non-hydrogen) atoms. The molecule has 0 aliphatic heterocycles. The van der Waals surface area contributed by atoms with Gasteiger partial charge >= 0.3 is 0 Å². The Morgan fingerprint density at radius 1 is 1.56 bits per heavy atom. The summed E-state index contributed by atoms with van der Waals surface area (Å²) in [5.41, 5.74) is 5.74. The molecule has 1 rings (SSSR count). The first-order valence-corrected chi connectivity index (χ1v) is 5.91. The zero-order valence-corrected chi connectivity index (χ0v) is 10.1. The lowest BCUT2D eigenvalue weighted by Gasteiger charge is -2.29. The average molecular weight is 226 g/mol. The smallest absolute Gasteiger partial charge is 0.229 e. The van der Waals surface area contributed by atoms with Crippen molar-refractivity contribution in [2.24, 2.45) is 11.7 Å². The van der Waals surface area contributed by atoms with E-state index in [2.05, 4.69) is 0 Å². The molecule has 1 amide bonds. The Morgan fingerprint density at radius 2 is 2.25 bits per heavy atom. The van der Waals surface area contributed by atoms with E-state index in [9.17, 15) is 4.79 Å². The Hall–Kier alpha value is -0.870. The van der Waals surface area contributed by atoms with Crippen LogP contribution in [0.3, 0.4) is 0 Å². The Morgan fingerprint density at radius 3 is 2.69 bits per heavy atom. The van der Waals surface area contributed by atoms with Crippen molar-refractivity contribution in [3.63, 3.8) is 0 Å². The van der Waals surface area contributed by atoms with Crippen molar-refractivity contribution in [1.82, 2.24) is 4.90 Å². The number of hydrogen-bond acceptors (Lipinski definition) is 3. The van der Waals surface area contributed by atoms with E-state index in [-0.39, 0.29) is 30.5 Å². The molecular weight excluding hydrogens is 204 g/mol. The Bertz CT molecular complexity index is 264. The lowest BCUT2D eigenvalue weighted by Crippen LogP contribution is -2.41. The number of hydrogen-bond donors (Lipinski definition) is 2. The summed E-state index contributed by atoms with van der Waals surface area (Å²) in [7, 11) is 0. The summed E-state index contributed by atoms with van der Waals surface area (Å²) in [4.78, 5) is 14.0. The first-order valence-electron chi connectivity index (χ1n) is 5.91. The maximum Gasteiger partial charge on any atom is 0.229 e. The van der Waals surface area contributed by atoms with Gasteiger partial charge in [0.05, 0.1) is 5.92 Å². The van der Waals surface area contributed by atoms with Crippen LogP contribution in [0.5, 0.6) is 0 Å². The number of nitrogens with zero attached hydrogens (tertiary/aromatic N) is 1. The molecule has 1 aliphatic rings. The van der Waals surface area contributed by atoms with Crippen LogP contribution in [-0.2, 0) is 4.79 Å². The summed E-state index contributed by atoms with van der Waals surface area (Å²) in [6.07, 6.45) is 5.14. The van der Waals surface area contributed by atoms with Gasteiger partial charge < -0.3 is 15.7 Å². The van der Waals surface area contributed by atoms with Gasteiger partial charge in [0.15, 0.2) is 0 Å². The van der Waals surface area contributed by atoms with Crippen LogP contribution in [0.1, 0.15) is 26.7 Å². The van der Waals surface area contributed by atoms with Gasteiger partial charge in [-0.1, -0.05) is 12.2 Å². The van der Waals surface area contributed by atoms with E-state index in [1.165, 1.54) is 0 Å². The van der Waals surface area contributed by atoms with E-state index >= 15 is 0 Å². The van der Waals surface area contributed by atoms with Crippen molar-refractivity contribution in [3.05, 3.63) is 12.2 Å². The molecule has 0 bridgehead atoms. The second-order valence-electron chi connectivity index (χ2n) is 4.59. The van der Waals surface area contributed by atoms with Gasteiger partial charge in [-0.2, -0.15) is 0 Å². The van der Waals surface area contributed by atoms with Gasteiger partial charge in [0.25, 0.3) is 0 Å². The molecule has 92 valence electrons. The molecule has 2 unspecified atom stereocenters. The summed E-state index contributed by atoms with van der Waals surface area (Å²) in [5, 5.41) is 8.81. The first kappa shape index (κ1) is 13.2. The van der Waals surface area contributed by atoms with E-state index < -0.39 is 0 Å². The normalized spacial score (nSPS) is 24.1. The molecule has 0 fully saturated rings. The first-order chi connectivity index (χ1) is 7.56. The number of rotatable bonds is 5. The summed E-state index contributed by atoms with van der Waals surface area (Å²) < 4.78 is 0. The molecule has 3 N–H and O–H groups in total. The third-order valence-corrected chi connectivity index (χ3v) is 2.90. The van der Waals surface area contributed by atoms with Crippen LogP contribution >= 0.6 is 0 Å².